The van der Waals surface area contributed by atoms with Crippen molar-refractivity contribution in [3.63, 3.8) is 0 Å². The summed E-state index contributed by atoms with van der Waals surface area (Å²) >= 11 is 0. The first-order valence-electron chi connectivity index (χ1n) is 7.51. The minimum absolute atomic E-state index is 0.156. The number of aryl methyl sites for hydroxylation is 3. The molecule has 0 spiro atoms. The van der Waals surface area contributed by atoms with Crippen LogP contribution >= 0.6 is 0 Å². The van der Waals surface area contributed by atoms with E-state index >= 15 is 0 Å². The third-order valence-electron chi connectivity index (χ3n) is 3.68. The van der Waals surface area contributed by atoms with Gasteiger partial charge in [-0.3, -0.25) is 0 Å². The Morgan fingerprint density at radius 1 is 0.952 bits per heavy atom. The second-order valence-electron chi connectivity index (χ2n) is 5.66. The Balaban J connectivity index is 2.55. The van der Waals surface area contributed by atoms with E-state index in [2.05, 4.69) is 69.4 Å². The van der Waals surface area contributed by atoms with Crippen molar-refractivity contribution in [3.05, 3.63) is 64.2 Å². The summed E-state index contributed by atoms with van der Waals surface area (Å²) in [4.78, 5) is 0. The van der Waals surface area contributed by atoms with Crippen LogP contribution in [-0.2, 0) is 0 Å². The van der Waals surface area contributed by atoms with Gasteiger partial charge in [-0.15, -0.1) is 0 Å². The molecule has 21 heavy (non-hydrogen) atoms. The molecule has 1 unspecified atom stereocenters. The Labute approximate surface area is 128 Å². The van der Waals surface area contributed by atoms with E-state index in [-0.39, 0.29) is 6.04 Å². The first-order valence-corrected chi connectivity index (χ1v) is 7.51. The summed E-state index contributed by atoms with van der Waals surface area (Å²) < 4.78 is 5.57. The van der Waals surface area contributed by atoms with Crippen molar-refractivity contribution in [2.45, 2.75) is 33.7 Å². The Kier molecular flexibility index (Phi) is 5.03. The highest BCUT2D eigenvalue weighted by molar-refractivity contribution is 5.45. The summed E-state index contributed by atoms with van der Waals surface area (Å²) in [6, 6.07) is 13.2. The number of ether oxygens (including phenoxy) is 1. The molecule has 0 bridgehead atoms. The molecule has 0 heterocycles. The number of hydrogen-bond acceptors (Lipinski definition) is 2. The second kappa shape index (κ2) is 6.77. The third kappa shape index (κ3) is 3.64. The Morgan fingerprint density at radius 3 is 2.19 bits per heavy atom. The number of benzene rings is 2. The minimum Gasteiger partial charge on any atom is -0.496 e. The molecule has 0 radical (unpaired) electrons. The lowest BCUT2D eigenvalue weighted by Gasteiger charge is -2.22. The van der Waals surface area contributed by atoms with E-state index in [1.165, 1.54) is 27.8 Å². The summed E-state index contributed by atoms with van der Waals surface area (Å²) in [7, 11) is 1.73. The van der Waals surface area contributed by atoms with E-state index in [0.717, 1.165) is 12.3 Å². The summed E-state index contributed by atoms with van der Waals surface area (Å²) in [5.74, 6) is 0.936. The molecule has 2 heteroatoms. The first kappa shape index (κ1) is 15.6. The van der Waals surface area contributed by atoms with Gasteiger partial charge >= 0.3 is 0 Å². The van der Waals surface area contributed by atoms with Gasteiger partial charge in [0.1, 0.15) is 5.75 Å². The van der Waals surface area contributed by atoms with Gasteiger partial charge in [-0.25, -0.2) is 0 Å². The Hall–Kier alpha value is -1.80. The maximum atomic E-state index is 5.57. The fourth-order valence-electron chi connectivity index (χ4n) is 2.87. The van der Waals surface area contributed by atoms with E-state index in [1.54, 1.807) is 7.11 Å². The monoisotopic (exact) mass is 283 g/mol. The number of rotatable bonds is 5. The summed E-state index contributed by atoms with van der Waals surface area (Å²) in [5, 5.41) is 3.59. The molecule has 2 rings (SSSR count). The molecule has 0 amide bonds. The fourth-order valence-corrected chi connectivity index (χ4v) is 2.87. The molecular formula is C19H25NO. The highest BCUT2D eigenvalue weighted by Gasteiger charge is 2.18. The average Bonchev–Trinajstić information content (AvgIpc) is 2.43. The van der Waals surface area contributed by atoms with Gasteiger partial charge in [-0.2, -0.15) is 0 Å². The van der Waals surface area contributed by atoms with Gasteiger partial charge in [-0.1, -0.05) is 53.9 Å². The van der Waals surface area contributed by atoms with E-state index in [4.69, 9.17) is 4.74 Å². The van der Waals surface area contributed by atoms with Crippen molar-refractivity contribution < 1.29 is 4.74 Å². The van der Waals surface area contributed by atoms with Crippen LogP contribution in [0.25, 0.3) is 0 Å². The molecule has 0 aromatic heterocycles. The third-order valence-corrected chi connectivity index (χ3v) is 3.68. The standard InChI is InChI=1S/C19H25NO/c1-6-20-19(16-10-14(3)9-15(4)11-16)17-12-13(2)7-8-18(17)21-5/h7-12,19-20H,6H2,1-5H3. The maximum absolute atomic E-state index is 5.57. The summed E-state index contributed by atoms with van der Waals surface area (Å²) in [6.07, 6.45) is 0. The molecule has 0 saturated carbocycles. The maximum Gasteiger partial charge on any atom is 0.123 e. The van der Waals surface area contributed by atoms with Gasteiger partial charge in [0.15, 0.2) is 0 Å². The van der Waals surface area contributed by atoms with Crippen LogP contribution in [0.1, 0.15) is 40.8 Å². The van der Waals surface area contributed by atoms with Gasteiger partial charge in [0.2, 0.25) is 0 Å². The molecule has 2 nitrogen and oxygen atoms in total. The molecule has 0 saturated heterocycles. The van der Waals surface area contributed by atoms with Crippen LogP contribution < -0.4 is 10.1 Å². The molecule has 2 aromatic carbocycles. The molecule has 1 N–H and O–H groups in total. The van der Waals surface area contributed by atoms with Crippen molar-refractivity contribution in [3.8, 4) is 5.75 Å². The first-order chi connectivity index (χ1) is 10.0. The molecule has 0 fully saturated rings. The van der Waals surface area contributed by atoms with E-state index in [1.807, 2.05) is 0 Å². The summed E-state index contributed by atoms with van der Waals surface area (Å²) in [6.45, 7) is 9.46. The molecule has 2 aromatic rings. The van der Waals surface area contributed by atoms with Gasteiger partial charge in [0.25, 0.3) is 0 Å². The van der Waals surface area contributed by atoms with Crippen molar-refractivity contribution in [1.82, 2.24) is 5.32 Å². The highest BCUT2D eigenvalue weighted by Crippen LogP contribution is 2.31. The van der Waals surface area contributed by atoms with Crippen molar-refractivity contribution in [2.24, 2.45) is 0 Å². The van der Waals surface area contributed by atoms with Crippen molar-refractivity contribution in [2.75, 3.05) is 13.7 Å². The number of methoxy groups -OCH3 is 1. The van der Waals surface area contributed by atoms with Crippen molar-refractivity contribution in [1.29, 1.82) is 0 Å². The van der Waals surface area contributed by atoms with Crippen LogP contribution in [0.5, 0.6) is 5.75 Å². The number of nitrogens with one attached hydrogen (secondary N) is 1. The lowest BCUT2D eigenvalue weighted by atomic mass is 9.94. The zero-order chi connectivity index (χ0) is 15.4. The SMILES string of the molecule is CCNC(c1cc(C)cc(C)c1)c1cc(C)ccc1OC. The van der Waals surface area contributed by atoms with Crippen LogP contribution in [0.3, 0.4) is 0 Å². The Bertz CT molecular complexity index is 599. The van der Waals surface area contributed by atoms with Crippen LogP contribution in [-0.4, -0.2) is 13.7 Å². The van der Waals surface area contributed by atoms with Crippen LogP contribution in [0, 0.1) is 20.8 Å². The summed E-state index contributed by atoms with van der Waals surface area (Å²) in [5.41, 5.74) is 6.32. The van der Waals surface area contributed by atoms with Gasteiger partial charge in [0, 0.05) is 5.56 Å². The zero-order valence-corrected chi connectivity index (χ0v) is 13.7. The molecule has 1 atom stereocenters. The zero-order valence-electron chi connectivity index (χ0n) is 13.7. The lowest BCUT2D eigenvalue weighted by Crippen LogP contribution is -2.23. The predicted molar refractivity (Wildman–Crippen MR) is 89.2 cm³/mol. The fraction of sp³-hybridized carbons (Fsp3) is 0.368. The van der Waals surface area contributed by atoms with Gasteiger partial charge < -0.3 is 10.1 Å². The topological polar surface area (TPSA) is 21.3 Å². The molecular weight excluding hydrogens is 258 g/mol. The predicted octanol–water partition coefficient (Wildman–Crippen LogP) is 4.32. The quantitative estimate of drug-likeness (QED) is 0.882. The molecule has 0 aliphatic carbocycles. The van der Waals surface area contributed by atoms with Crippen LogP contribution in [0.4, 0.5) is 0 Å². The normalized spacial score (nSPS) is 12.2. The molecule has 112 valence electrons. The van der Waals surface area contributed by atoms with Crippen LogP contribution in [0.2, 0.25) is 0 Å². The number of hydrogen-bond donors (Lipinski definition) is 1. The van der Waals surface area contributed by atoms with Gasteiger partial charge in [0.05, 0.1) is 13.2 Å². The Morgan fingerprint density at radius 2 is 1.62 bits per heavy atom. The van der Waals surface area contributed by atoms with E-state index < -0.39 is 0 Å². The average molecular weight is 283 g/mol. The lowest BCUT2D eigenvalue weighted by molar-refractivity contribution is 0.404. The molecule has 0 aliphatic heterocycles. The van der Waals surface area contributed by atoms with E-state index in [0.29, 0.717) is 0 Å². The molecule has 0 aliphatic rings. The van der Waals surface area contributed by atoms with Crippen molar-refractivity contribution >= 4 is 0 Å². The second-order valence-corrected chi connectivity index (χ2v) is 5.66. The van der Waals surface area contributed by atoms with Crippen LogP contribution in [0.15, 0.2) is 36.4 Å². The minimum atomic E-state index is 0.156. The van der Waals surface area contributed by atoms with Gasteiger partial charge in [-0.05, 0) is 38.9 Å². The largest absolute Gasteiger partial charge is 0.496 e. The van der Waals surface area contributed by atoms with E-state index in [9.17, 15) is 0 Å². The smallest absolute Gasteiger partial charge is 0.123 e. The highest BCUT2D eigenvalue weighted by atomic mass is 16.5.